The second kappa shape index (κ2) is 5.44. The number of rotatable bonds is 4. The lowest BCUT2D eigenvalue weighted by Crippen LogP contribution is -2.48. The Kier molecular flexibility index (Phi) is 4.73. The monoisotopic (exact) mass is 250 g/mol. The van der Waals surface area contributed by atoms with Crippen molar-refractivity contribution in [3.63, 3.8) is 0 Å². The van der Waals surface area contributed by atoms with Gasteiger partial charge in [0, 0.05) is 19.6 Å². The minimum Gasteiger partial charge on any atom is -0.379 e. The van der Waals surface area contributed by atoms with Crippen molar-refractivity contribution >= 4 is 9.84 Å². The molecular formula is C10H22N2O3S. The first-order valence-electron chi connectivity index (χ1n) is 5.61. The normalized spacial score (nSPS) is 19.9. The molecule has 5 nitrogen and oxygen atoms in total. The Hall–Kier alpha value is -0.170. The highest BCUT2D eigenvalue weighted by Crippen LogP contribution is 2.15. The molecule has 0 unspecified atom stereocenters. The van der Waals surface area contributed by atoms with Crippen molar-refractivity contribution in [3.05, 3.63) is 0 Å². The van der Waals surface area contributed by atoms with Crippen molar-refractivity contribution in [3.8, 4) is 0 Å². The standard InChI is InChI=1S/C10H22N2O3S/c1-10(2,3)16(13,14)9-4-11-12-5-7-15-8-6-12/h11H,4-9H2,1-3H3. The van der Waals surface area contributed by atoms with Gasteiger partial charge in [-0.2, -0.15) is 0 Å². The van der Waals surface area contributed by atoms with Gasteiger partial charge in [0.1, 0.15) is 0 Å². The highest BCUT2D eigenvalue weighted by molar-refractivity contribution is 7.92. The summed E-state index contributed by atoms with van der Waals surface area (Å²) in [6, 6.07) is 0. The van der Waals surface area contributed by atoms with E-state index in [0.29, 0.717) is 19.8 Å². The summed E-state index contributed by atoms with van der Waals surface area (Å²) in [5.41, 5.74) is 3.12. The van der Waals surface area contributed by atoms with Crippen LogP contribution in [0.15, 0.2) is 0 Å². The summed E-state index contributed by atoms with van der Waals surface area (Å²) < 4.78 is 28.2. The van der Waals surface area contributed by atoms with E-state index in [1.54, 1.807) is 20.8 Å². The Morgan fingerprint density at radius 1 is 1.25 bits per heavy atom. The molecule has 16 heavy (non-hydrogen) atoms. The molecule has 0 aromatic heterocycles. The highest BCUT2D eigenvalue weighted by Gasteiger charge is 2.28. The molecule has 0 saturated carbocycles. The molecule has 0 bridgehead atoms. The lowest BCUT2D eigenvalue weighted by molar-refractivity contribution is 0.0133. The first kappa shape index (κ1) is 13.9. The lowest BCUT2D eigenvalue weighted by atomic mass is 10.3. The Morgan fingerprint density at radius 2 is 1.81 bits per heavy atom. The summed E-state index contributed by atoms with van der Waals surface area (Å²) in [6.07, 6.45) is 0. The average Bonchev–Trinajstić information content (AvgIpc) is 2.17. The van der Waals surface area contributed by atoms with Crippen LogP contribution in [-0.4, -0.2) is 56.8 Å². The molecule has 0 amide bonds. The van der Waals surface area contributed by atoms with Crippen molar-refractivity contribution < 1.29 is 13.2 Å². The van der Waals surface area contributed by atoms with E-state index in [4.69, 9.17) is 4.74 Å². The van der Waals surface area contributed by atoms with Crippen LogP contribution in [-0.2, 0) is 14.6 Å². The summed E-state index contributed by atoms with van der Waals surface area (Å²) in [5, 5.41) is 2.02. The van der Waals surface area contributed by atoms with Crippen LogP contribution in [0.5, 0.6) is 0 Å². The molecule has 0 radical (unpaired) electrons. The van der Waals surface area contributed by atoms with Gasteiger partial charge < -0.3 is 4.74 Å². The second-order valence-corrected chi connectivity index (χ2v) is 7.80. The summed E-state index contributed by atoms with van der Waals surface area (Å²) in [6.45, 7) is 8.72. The van der Waals surface area contributed by atoms with Crippen molar-refractivity contribution in [2.24, 2.45) is 0 Å². The van der Waals surface area contributed by atoms with Crippen LogP contribution in [0.25, 0.3) is 0 Å². The fraction of sp³-hybridized carbons (Fsp3) is 1.00. The number of sulfone groups is 1. The Bertz CT molecular complexity index is 303. The maximum Gasteiger partial charge on any atom is 0.156 e. The second-order valence-electron chi connectivity index (χ2n) is 4.94. The molecule has 96 valence electrons. The predicted octanol–water partition coefficient (Wildman–Crippen LogP) is 0.0365. The maximum absolute atomic E-state index is 11.8. The Morgan fingerprint density at radius 3 is 2.31 bits per heavy atom. The molecule has 0 aromatic rings. The Labute approximate surface area is 98.0 Å². The molecule has 0 aliphatic carbocycles. The van der Waals surface area contributed by atoms with Gasteiger partial charge in [0.15, 0.2) is 9.84 Å². The van der Waals surface area contributed by atoms with E-state index in [1.807, 2.05) is 5.01 Å². The molecule has 0 spiro atoms. The zero-order valence-corrected chi connectivity index (χ0v) is 11.1. The summed E-state index contributed by atoms with van der Waals surface area (Å²) in [7, 11) is -3.02. The molecule has 1 N–H and O–H groups in total. The maximum atomic E-state index is 11.8. The third-order valence-corrected chi connectivity index (χ3v) is 5.26. The number of hydrogen-bond donors (Lipinski definition) is 1. The minimum absolute atomic E-state index is 0.174. The first-order chi connectivity index (χ1) is 7.33. The van der Waals surface area contributed by atoms with Gasteiger partial charge in [-0.15, -0.1) is 0 Å². The number of ether oxygens (including phenoxy) is 1. The van der Waals surface area contributed by atoms with Crippen molar-refractivity contribution in [2.45, 2.75) is 25.5 Å². The SMILES string of the molecule is CC(C)(C)S(=O)(=O)CCNN1CCOCC1. The fourth-order valence-corrected chi connectivity index (χ4v) is 2.34. The van der Waals surface area contributed by atoms with Crippen LogP contribution in [0.3, 0.4) is 0 Å². The van der Waals surface area contributed by atoms with Crippen LogP contribution < -0.4 is 5.43 Å². The van der Waals surface area contributed by atoms with Gasteiger partial charge in [0.25, 0.3) is 0 Å². The molecular weight excluding hydrogens is 228 g/mol. The fourth-order valence-electron chi connectivity index (χ4n) is 1.37. The number of hydrazine groups is 1. The summed E-state index contributed by atoms with van der Waals surface area (Å²) >= 11 is 0. The number of hydrogen-bond acceptors (Lipinski definition) is 5. The first-order valence-corrected chi connectivity index (χ1v) is 7.27. The quantitative estimate of drug-likeness (QED) is 0.763. The van der Waals surface area contributed by atoms with Crippen molar-refractivity contribution in [1.82, 2.24) is 10.4 Å². The highest BCUT2D eigenvalue weighted by atomic mass is 32.2. The van der Waals surface area contributed by atoms with Gasteiger partial charge in [0.05, 0.1) is 23.7 Å². The molecule has 1 rings (SSSR count). The van der Waals surface area contributed by atoms with E-state index in [2.05, 4.69) is 5.43 Å². The smallest absolute Gasteiger partial charge is 0.156 e. The molecule has 0 atom stereocenters. The summed E-state index contributed by atoms with van der Waals surface area (Å²) in [4.78, 5) is 0. The van der Waals surface area contributed by atoms with Crippen LogP contribution >= 0.6 is 0 Å². The van der Waals surface area contributed by atoms with Crippen LogP contribution in [0, 0.1) is 0 Å². The molecule has 1 fully saturated rings. The Balaban J connectivity index is 2.29. The van der Waals surface area contributed by atoms with Crippen molar-refractivity contribution in [1.29, 1.82) is 0 Å². The molecule has 1 heterocycles. The van der Waals surface area contributed by atoms with E-state index in [1.165, 1.54) is 0 Å². The molecule has 1 saturated heterocycles. The van der Waals surface area contributed by atoms with Crippen LogP contribution in [0.1, 0.15) is 20.8 Å². The predicted molar refractivity (Wildman–Crippen MR) is 63.9 cm³/mol. The van der Waals surface area contributed by atoms with Gasteiger partial charge in [-0.05, 0) is 20.8 Å². The molecule has 1 aliphatic rings. The van der Waals surface area contributed by atoms with Crippen LogP contribution in [0.4, 0.5) is 0 Å². The van der Waals surface area contributed by atoms with Crippen LogP contribution in [0.2, 0.25) is 0 Å². The van der Waals surface area contributed by atoms with E-state index in [9.17, 15) is 8.42 Å². The summed E-state index contributed by atoms with van der Waals surface area (Å²) in [5.74, 6) is 0.174. The zero-order valence-electron chi connectivity index (χ0n) is 10.3. The number of nitrogens with zero attached hydrogens (tertiary/aromatic N) is 1. The van der Waals surface area contributed by atoms with Gasteiger partial charge in [0.2, 0.25) is 0 Å². The average molecular weight is 250 g/mol. The number of morpholine rings is 1. The molecule has 1 aliphatic heterocycles. The lowest BCUT2D eigenvalue weighted by Gasteiger charge is -2.28. The van der Waals surface area contributed by atoms with E-state index in [0.717, 1.165) is 13.1 Å². The molecule has 6 heteroatoms. The van der Waals surface area contributed by atoms with Gasteiger partial charge in [-0.25, -0.2) is 13.4 Å². The molecule has 0 aromatic carbocycles. The third kappa shape index (κ3) is 4.01. The van der Waals surface area contributed by atoms with E-state index < -0.39 is 14.6 Å². The van der Waals surface area contributed by atoms with Gasteiger partial charge in [-0.3, -0.25) is 5.43 Å². The van der Waals surface area contributed by atoms with Crippen molar-refractivity contribution in [2.75, 3.05) is 38.6 Å². The third-order valence-electron chi connectivity index (χ3n) is 2.65. The van der Waals surface area contributed by atoms with E-state index >= 15 is 0 Å². The minimum atomic E-state index is -3.02. The number of nitrogens with one attached hydrogen (secondary N) is 1. The zero-order chi connectivity index (χ0) is 12.2. The van der Waals surface area contributed by atoms with Gasteiger partial charge >= 0.3 is 0 Å². The largest absolute Gasteiger partial charge is 0.379 e. The van der Waals surface area contributed by atoms with E-state index in [-0.39, 0.29) is 5.75 Å². The topological polar surface area (TPSA) is 58.6 Å². The van der Waals surface area contributed by atoms with Gasteiger partial charge in [-0.1, -0.05) is 0 Å².